The molecule has 3 aromatic rings. The summed E-state index contributed by atoms with van der Waals surface area (Å²) in [6, 6.07) is 12.3. The predicted molar refractivity (Wildman–Crippen MR) is 152 cm³/mol. The molecular weight excluding hydrogens is 550 g/mol. The molecule has 0 unspecified atom stereocenters. The fourth-order valence-corrected chi connectivity index (χ4v) is 3.68. The van der Waals surface area contributed by atoms with Crippen LogP contribution in [0.5, 0.6) is 40.2 Å². The van der Waals surface area contributed by atoms with E-state index in [1.165, 1.54) is 73.1 Å². The number of ether oxygens (including phenoxy) is 7. The second-order valence-electron chi connectivity index (χ2n) is 8.26. The molecule has 0 aliphatic rings. The molecule has 0 bridgehead atoms. The Morgan fingerprint density at radius 1 is 0.690 bits per heavy atom. The van der Waals surface area contributed by atoms with Gasteiger partial charge in [0.1, 0.15) is 5.75 Å². The molecule has 13 nitrogen and oxygen atoms in total. The van der Waals surface area contributed by atoms with Crippen LogP contribution in [0.4, 0.5) is 0 Å². The minimum atomic E-state index is -0.628. The third-order valence-electron chi connectivity index (χ3n) is 5.73. The number of carbonyl (C=O) groups is 3. The van der Waals surface area contributed by atoms with Gasteiger partial charge in [-0.2, -0.15) is 5.10 Å². The van der Waals surface area contributed by atoms with Crippen molar-refractivity contribution in [1.29, 1.82) is 0 Å². The molecule has 0 saturated heterocycles. The quantitative estimate of drug-likeness (QED) is 0.133. The van der Waals surface area contributed by atoms with Crippen molar-refractivity contribution in [2.75, 3.05) is 49.2 Å². The van der Waals surface area contributed by atoms with E-state index >= 15 is 0 Å². The highest BCUT2D eigenvalue weighted by atomic mass is 16.5. The molecule has 222 valence electrons. The van der Waals surface area contributed by atoms with Crippen molar-refractivity contribution in [1.82, 2.24) is 10.7 Å². The number of nitrogens with one attached hydrogen (secondary N) is 2. The molecule has 13 heteroatoms. The number of nitrogens with zero attached hydrogens (tertiary/aromatic N) is 1. The van der Waals surface area contributed by atoms with Gasteiger partial charge in [0.2, 0.25) is 11.5 Å². The zero-order valence-corrected chi connectivity index (χ0v) is 23.9. The molecule has 0 atom stereocenters. The molecule has 0 aromatic heterocycles. The average Bonchev–Trinajstić information content (AvgIpc) is 3.02. The van der Waals surface area contributed by atoms with Crippen LogP contribution >= 0.6 is 0 Å². The van der Waals surface area contributed by atoms with E-state index in [0.717, 1.165) is 0 Å². The minimum absolute atomic E-state index is 0.204. The van der Waals surface area contributed by atoms with Gasteiger partial charge < -0.3 is 38.5 Å². The summed E-state index contributed by atoms with van der Waals surface area (Å²) in [4.78, 5) is 37.4. The van der Waals surface area contributed by atoms with Gasteiger partial charge in [0.15, 0.2) is 23.0 Å². The van der Waals surface area contributed by atoms with Crippen molar-refractivity contribution in [3.8, 4) is 40.2 Å². The van der Waals surface area contributed by atoms with E-state index in [4.69, 9.17) is 33.2 Å². The summed E-state index contributed by atoms with van der Waals surface area (Å²) in [6.07, 6.45) is 1.39. The van der Waals surface area contributed by atoms with Crippen molar-refractivity contribution in [2.24, 2.45) is 5.10 Å². The third-order valence-corrected chi connectivity index (χ3v) is 5.73. The Balaban J connectivity index is 1.54. The standard InChI is InChI=1S/C29H31N3O10/c1-36-21-11-18(12-22(37-2)26(21)40-5)28(34)30-16-25(33)32-31-15-17-7-9-20(10-8-17)42-29(35)19-13-23(38-3)27(41-6)24(14-19)39-4/h7-15H,16H2,1-6H3,(H,30,34)(H,32,33)/b31-15+. The number of benzene rings is 3. The van der Waals surface area contributed by atoms with E-state index < -0.39 is 17.8 Å². The lowest BCUT2D eigenvalue weighted by atomic mass is 10.1. The first kappa shape index (κ1) is 31.1. The van der Waals surface area contributed by atoms with Crippen LogP contribution in [0.25, 0.3) is 0 Å². The second-order valence-corrected chi connectivity index (χ2v) is 8.26. The van der Waals surface area contributed by atoms with E-state index in [9.17, 15) is 14.4 Å². The normalized spacial score (nSPS) is 10.4. The highest BCUT2D eigenvalue weighted by Crippen LogP contribution is 2.39. The van der Waals surface area contributed by atoms with Gasteiger partial charge >= 0.3 is 5.97 Å². The number of methoxy groups -OCH3 is 6. The number of amides is 2. The topological polar surface area (TPSA) is 152 Å². The summed E-state index contributed by atoms with van der Waals surface area (Å²) in [5.74, 6) is 0.517. The molecular formula is C29H31N3O10. The summed E-state index contributed by atoms with van der Waals surface area (Å²) < 4.78 is 37.0. The highest BCUT2D eigenvalue weighted by molar-refractivity contribution is 5.98. The van der Waals surface area contributed by atoms with Crippen LogP contribution in [-0.4, -0.2) is 73.2 Å². The van der Waals surface area contributed by atoms with Crippen LogP contribution in [0, 0.1) is 0 Å². The zero-order valence-electron chi connectivity index (χ0n) is 23.9. The first-order valence-corrected chi connectivity index (χ1v) is 12.3. The maximum absolute atomic E-state index is 12.7. The SMILES string of the molecule is COc1cc(C(=O)NCC(=O)N/N=C/c2ccc(OC(=O)c3cc(OC)c(OC)c(OC)c3)cc2)cc(OC)c1OC. The maximum Gasteiger partial charge on any atom is 0.343 e. The number of esters is 1. The fraction of sp³-hybridized carbons (Fsp3) is 0.241. The first-order valence-electron chi connectivity index (χ1n) is 12.3. The Morgan fingerprint density at radius 3 is 1.62 bits per heavy atom. The van der Waals surface area contributed by atoms with E-state index in [1.807, 2.05) is 0 Å². The van der Waals surface area contributed by atoms with Crippen LogP contribution in [-0.2, 0) is 4.79 Å². The second kappa shape index (κ2) is 14.8. The molecule has 42 heavy (non-hydrogen) atoms. The monoisotopic (exact) mass is 581 g/mol. The lowest BCUT2D eigenvalue weighted by Gasteiger charge is -2.14. The Kier molecular flexibility index (Phi) is 10.9. The number of hydrogen-bond donors (Lipinski definition) is 2. The summed E-state index contributed by atoms with van der Waals surface area (Å²) in [7, 11) is 8.68. The highest BCUT2D eigenvalue weighted by Gasteiger charge is 2.19. The van der Waals surface area contributed by atoms with Crippen LogP contribution < -0.4 is 43.9 Å². The van der Waals surface area contributed by atoms with Crippen molar-refractivity contribution < 1.29 is 47.5 Å². The average molecular weight is 582 g/mol. The summed E-state index contributed by atoms with van der Waals surface area (Å²) in [5.41, 5.74) is 3.36. The number of hydrogen-bond acceptors (Lipinski definition) is 11. The van der Waals surface area contributed by atoms with Gasteiger partial charge in [0, 0.05) is 5.56 Å². The van der Waals surface area contributed by atoms with E-state index in [0.29, 0.717) is 40.1 Å². The molecule has 0 radical (unpaired) electrons. The van der Waals surface area contributed by atoms with Gasteiger partial charge in [0.25, 0.3) is 11.8 Å². The molecule has 0 saturated carbocycles. The van der Waals surface area contributed by atoms with Crippen LogP contribution in [0.1, 0.15) is 26.3 Å². The number of hydrazone groups is 1. The molecule has 2 N–H and O–H groups in total. The molecule has 0 heterocycles. The Hall–Kier alpha value is -5.46. The van der Waals surface area contributed by atoms with Gasteiger partial charge in [-0.15, -0.1) is 0 Å². The minimum Gasteiger partial charge on any atom is -0.493 e. The number of carbonyl (C=O) groups excluding carboxylic acids is 3. The van der Waals surface area contributed by atoms with Crippen LogP contribution in [0.2, 0.25) is 0 Å². The Morgan fingerprint density at radius 2 is 1.17 bits per heavy atom. The molecule has 3 rings (SSSR count). The lowest BCUT2D eigenvalue weighted by molar-refractivity contribution is -0.120. The van der Waals surface area contributed by atoms with E-state index in [1.54, 1.807) is 24.3 Å². The molecule has 0 spiro atoms. The van der Waals surface area contributed by atoms with Crippen molar-refractivity contribution in [2.45, 2.75) is 0 Å². The molecule has 0 aliphatic heterocycles. The Bertz CT molecular complexity index is 1400. The van der Waals surface area contributed by atoms with E-state index in [-0.39, 0.29) is 23.4 Å². The molecule has 0 aliphatic carbocycles. The van der Waals surface area contributed by atoms with Gasteiger partial charge in [-0.3, -0.25) is 9.59 Å². The smallest absolute Gasteiger partial charge is 0.343 e. The first-order chi connectivity index (χ1) is 20.3. The maximum atomic E-state index is 12.7. The van der Waals surface area contributed by atoms with Crippen LogP contribution in [0.3, 0.4) is 0 Å². The van der Waals surface area contributed by atoms with Crippen molar-refractivity contribution in [3.05, 3.63) is 65.2 Å². The van der Waals surface area contributed by atoms with Crippen molar-refractivity contribution >= 4 is 24.0 Å². The van der Waals surface area contributed by atoms with Gasteiger partial charge in [0.05, 0.1) is 61.0 Å². The predicted octanol–water partition coefficient (Wildman–Crippen LogP) is 2.84. The lowest BCUT2D eigenvalue weighted by Crippen LogP contribution is -2.34. The molecule has 3 aromatic carbocycles. The van der Waals surface area contributed by atoms with Gasteiger partial charge in [-0.1, -0.05) is 0 Å². The van der Waals surface area contributed by atoms with Crippen LogP contribution in [0.15, 0.2) is 53.6 Å². The summed E-state index contributed by atoms with van der Waals surface area (Å²) in [5, 5.41) is 6.38. The van der Waals surface area contributed by atoms with Gasteiger partial charge in [-0.05, 0) is 54.1 Å². The fourth-order valence-electron chi connectivity index (χ4n) is 3.68. The van der Waals surface area contributed by atoms with Crippen molar-refractivity contribution in [3.63, 3.8) is 0 Å². The third kappa shape index (κ3) is 7.59. The van der Waals surface area contributed by atoms with Gasteiger partial charge in [-0.25, -0.2) is 10.2 Å². The molecule has 0 fully saturated rings. The largest absolute Gasteiger partial charge is 0.493 e. The summed E-state index contributed by atoms with van der Waals surface area (Å²) >= 11 is 0. The number of rotatable bonds is 13. The van der Waals surface area contributed by atoms with E-state index in [2.05, 4.69) is 15.8 Å². The Labute approximate surface area is 242 Å². The zero-order chi connectivity index (χ0) is 30.6. The molecule has 2 amide bonds. The summed E-state index contributed by atoms with van der Waals surface area (Å²) in [6.45, 7) is -0.331.